The molecule has 0 radical (unpaired) electrons. The van der Waals surface area contributed by atoms with E-state index >= 15 is 0 Å². The van der Waals surface area contributed by atoms with Gasteiger partial charge in [-0.25, -0.2) is 0 Å². The summed E-state index contributed by atoms with van der Waals surface area (Å²) in [4.78, 5) is 10.9. The largest absolute Gasteiger partial charge is 0.488 e. The van der Waals surface area contributed by atoms with Crippen LogP contribution in [0.25, 0.3) is 0 Å². The summed E-state index contributed by atoms with van der Waals surface area (Å²) in [7, 11) is 0. The number of rotatable bonds is 4. The molecule has 0 bridgehead atoms. The predicted octanol–water partition coefficient (Wildman–Crippen LogP) is 3.99. The van der Waals surface area contributed by atoms with Crippen LogP contribution in [0, 0.1) is 10.5 Å². The maximum Gasteiger partial charge on any atom is 0.153 e. The third kappa shape index (κ3) is 3.10. The zero-order valence-electron chi connectivity index (χ0n) is 10.0. The number of hydrogen-bond donors (Lipinski definition) is 0. The molecule has 0 fully saturated rings. The standard InChI is InChI=1S/C15H13IO2/c1-11-6-7-14(16)13(8-11)10-18-15-5-3-2-4-12(15)9-17/h2-9H,10H2,1H3. The zero-order chi connectivity index (χ0) is 13.0. The van der Waals surface area contributed by atoms with E-state index in [2.05, 4.69) is 47.7 Å². The molecule has 2 aromatic carbocycles. The quantitative estimate of drug-likeness (QED) is 0.614. The van der Waals surface area contributed by atoms with Crippen molar-refractivity contribution in [2.75, 3.05) is 0 Å². The Morgan fingerprint density at radius 3 is 2.78 bits per heavy atom. The Hall–Kier alpha value is -1.36. The molecule has 0 aliphatic rings. The molecule has 0 aliphatic heterocycles. The van der Waals surface area contributed by atoms with Gasteiger partial charge in [-0.2, -0.15) is 0 Å². The van der Waals surface area contributed by atoms with E-state index < -0.39 is 0 Å². The minimum atomic E-state index is 0.477. The molecule has 0 N–H and O–H groups in total. The van der Waals surface area contributed by atoms with Crippen molar-refractivity contribution in [3.63, 3.8) is 0 Å². The van der Waals surface area contributed by atoms with Gasteiger partial charge in [-0.1, -0.05) is 29.8 Å². The van der Waals surface area contributed by atoms with Crippen LogP contribution >= 0.6 is 22.6 Å². The number of aryl methyl sites for hydroxylation is 1. The van der Waals surface area contributed by atoms with E-state index in [-0.39, 0.29) is 0 Å². The Labute approximate surface area is 120 Å². The van der Waals surface area contributed by atoms with Crippen molar-refractivity contribution in [2.24, 2.45) is 0 Å². The molecule has 18 heavy (non-hydrogen) atoms. The number of ether oxygens (including phenoxy) is 1. The summed E-state index contributed by atoms with van der Waals surface area (Å²) in [5.41, 5.74) is 2.93. The molecule has 0 aliphatic carbocycles. The second-order valence-electron chi connectivity index (χ2n) is 4.04. The Kier molecular flexibility index (Phi) is 4.36. The topological polar surface area (TPSA) is 26.3 Å². The van der Waals surface area contributed by atoms with Crippen molar-refractivity contribution < 1.29 is 9.53 Å². The van der Waals surface area contributed by atoms with E-state index in [1.165, 1.54) is 9.13 Å². The summed E-state index contributed by atoms with van der Waals surface area (Å²) >= 11 is 2.29. The van der Waals surface area contributed by atoms with Crippen LogP contribution in [0.4, 0.5) is 0 Å². The molecule has 0 spiro atoms. The van der Waals surface area contributed by atoms with Gasteiger partial charge in [-0.15, -0.1) is 0 Å². The minimum Gasteiger partial charge on any atom is -0.488 e. The SMILES string of the molecule is Cc1ccc(I)c(COc2ccccc2C=O)c1. The van der Waals surface area contributed by atoms with Crippen LogP contribution in [0.5, 0.6) is 5.75 Å². The van der Waals surface area contributed by atoms with Crippen LogP contribution in [-0.2, 0) is 6.61 Å². The number of hydrogen-bond acceptors (Lipinski definition) is 2. The molecule has 0 amide bonds. The third-order valence-electron chi connectivity index (χ3n) is 2.63. The normalized spacial score (nSPS) is 10.1. The Morgan fingerprint density at radius 2 is 2.00 bits per heavy atom. The highest BCUT2D eigenvalue weighted by atomic mass is 127. The Morgan fingerprint density at radius 1 is 1.22 bits per heavy atom. The van der Waals surface area contributed by atoms with Crippen molar-refractivity contribution in [3.05, 3.63) is 62.7 Å². The first-order valence-corrected chi connectivity index (χ1v) is 6.70. The van der Waals surface area contributed by atoms with Gasteiger partial charge in [-0.3, -0.25) is 4.79 Å². The summed E-state index contributed by atoms with van der Waals surface area (Å²) < 4.78 is 6.88. The lowest BCUT2D eigenvalue weighted by atomic mass is 10.1. The van der Waals surface area contributed by atoms with E-state index in [9.17, 15) is 4.79 Å². The Bertz CT molecular complexity index is 564. The number of carbonyl (C=O) groups is 1. The second-order valence-corrected chi connectivity index (χ2v) is 5.20. The van der Waals surface area contributed by atoms with Gasteiger partial charge in [0.25, 0.3) is 0 Å². The van der Waals surface area contributed by atoms with Gasteiger partial charge in [-0.05, 0) is 47.7 Å². The first-order chi connectivity index (χ1) is 8.70. The third-order valence-corrected chi connectivity index (χ3v) is 3.68. The van der Waals surface area contributed by atoms with E-state index in [0.29, 0.717) is 17.9 Å². The fourth-order valence-corrected chi connectivity index (χ4v) is 2.17. The monoisotopic (exact) mass is 352 g/mol. The smallest absolute Gasteiger partial charge is 0.153 e. The summed E-state index contributed by atoms with van der Waals surface area (Å²) in [6.07, 6.45) is 0.816. The van der Waals surface area contributed by atoms with Crippen LogP contribution < -0.4 is 4.74 Å². The fraction of sp³-hybridized carbons (Fsp3) is 0.133. The van der Waals surface area contributed by atoms with Gasteiger partial charge >= 0.3 is 0 Å². The lowest BCUT2D eigenvalue weighted by Gasteiger charge is -2.10. The first-order valence-electron chi connectivity index (χ1n) is 5.63. The van der Waals surface area contributed by atoms with Crippen LogP contribution in [0.3, 0.4) is 0 Å². The summed E-state index contributed by atoms with van der Waals surface area (Å²) in [6.45, 7) is 2.53. The molecule has 2 rings (SSSR count). The molecule has 0 saturated heterocycles. The van der Waals surface area contributed by atoms with Crippen LogP contribution in [0.2, 0.25) is 0 Å². The zero-order valence-corrected chi connectivity index (χ0v) is 12.2. The lowest BCUT2D eigenvalue weighted by molar-refractivity contribution is 0.111. The molecule has 0 unspecified atom stereocenters. The van der Waals surface area contributed by atoms with E-state index in [0.717, 1.165) is 11.8 Å². The molecular weight excluding hydrogens is 339 g/mol. The van der Waals surface area contributed by atoms with Gasteiger partial charge < -0.3 is 4.74 Å². The molecule has 0 aromatic heterocycles. The molecule has 2 nitrogen and oxygen atoms in total. The molecule has 2 aromatic rings. The lowest BCUT2D eigenvalue weighted by Crippen LogP contribution is -2.00. The van der Waals surface area contributed by atoms with Crippen molar-refractivity contribution >= 4 is 28.9 Å². The number of benzene rings is 2. The van der Waals surface area contributed by atoms with Gasteiger partial charge in [0.2, 0.25) is 0 Å². The van der Waals surface area contributed by atoms with Gasteiger partial charge in [0.1, 0.15) is 12.4 Å². The van der Waals surface area contributed by atoms with Gasteiger partial charge in [0.05, 0.1) is 5.56 Å². The number of carbonyl (C=O) groups excluding carboxylic acids is 1. The van der Waals surface area contributed by atoms with E-state index in [1.54, 1.807) is 6.07 Å². The number of para-hydroxylation sites is 1. The maximum absolute atomic E-state index is 10.9. The fourth-order valence-electron chi connectivity index (χ4n) is 1.68. The average molecular weight is 352 g/mol. The van der Waals surface area contributed by atoms with Crippen LogP contribution in [0.15, 0.2) is 42.5 Å². The first kappa shape index (κ1) is 13.1. The van der Waals surface area contributed by atoms with Crippen molar-refractivity contribution in [1.82, 2.24) is 0 Å². The van der Waals surface area contributed by atoms with Crippen molar-refractivity contribution in [3.8, 4) is 5.75 Å². The minimum absolute atomic E-state index is 0.477. The molecule has 0 heterocycles. The molecular formula is C15H13IO2. The average Bonchev–Trinajstić information content (AvgIpc) is 2.40. The molecule has 3 heteroatoms. The van der Waals surface area contributed by atoms with Gasteiger partial charge in [0, 0.05) is 9.13 Å². The number of aldehydes is 1. The van der Waals surface area contributed by atoms with Crippen molar-refractivity contribution in [1.29, 1.82) is 0 Å². The van der Waals surface area contributed by atoms with E-state index in [1.807, 2.05) is 18.2 Å². The van der Waals surface area contributed by atoms with Crippen LogP contribution in [0.1, 0.15) is 21.5 Å². The summed E-state index contributed by atoms with van der Waals surface area (Å²) in [5.74, 6) is 0.629. The maximum atomic E-state index is 10.9. The second kappa shape index (κ2) is 6.00. The van der Waals surface area contributed by atoms with Gasteiger partial charge in [0.15, 0.2) is 6.29 Å². The predicted molar refractivity (Wildman–Crippen MR) is 80.1 cm³/mol. The molecule has 0 saturated carbocycles. The van der Waals surface area contributed by atoms with E-state index in [4.69, 9.17) is 4.74 Å². The highest BCUT2D eigenvalue weighted by molar-refractivity contribution is 14.1. The van der Waals surface area contributed by atoms with Crippen LogP contribution in [-0.4, -0.2) is 6.29 Å². The highest BCUT2D eigenvalue weighted by Crippen LogP contribution is 2.20. The highest BCUT2D eigenvalue weighted by Gasteiger charge is 2.04. The number of halogens is 1. The molecule has 92 valence electrons. The Balaban J connectivity index is 2.16. The summed E-state index contributed by atoms with van der Waals surface area (Å²) in [5, 5.41) is 0. The molecule has 0 atom stereocenters. The van der Waals surface area contributed by atoms with Crippen molar-refractivity contribution in [2.45, 2.75) is 13.5 Å². The summed E-state index contributed by atoms with van der Waals surface area (Å²) in [6, 6.07) is 13.5.